The summed E-state index contributed by atoms with van der Waals surface area (Å²) in [4.78, 5) is 25.3. The quantitative estimate of drug-likeness (QED) is 0.731. The first-order valence-corrected chi connectivity index (χ1v) is 11.1. The molecule has 7 nitrogen and oxygen atoms in total. The van der Waals surface area contributed by atoms with Gasteiger partial charge in [-0.15, -0.1) is 0 Å². The average Bonchev–Trinajstić information content (AvgIpc) is 2.70. The number of halogens is 1. The molecule has 2 N–H and O–H groups in total. The minimum absolute atomic E-state index is 0.0588. The molecule has 0 atom stereocenters. The molecule has 0 unspecified atom stereocenters. The third-order valence-electron chi connectivity index (χ3n) is 4.92. The molecule has 0 bridgehead atoms. The Morgan fingerprint density at radius 1 is 1.03 bits per heavy atom. The van der Waals surface area contributed by atoms with Gasteiger partial charge in [0, 0.05) is 31.7 Å². The maximum Gasteiger partial charge on any atom is 0.240 e. The van der Waals surface area contributed by atoms with Crippen molar-refractivity contribution in [1.82, 2.24) is 9.62 Å². The summed E-state index contributed by atoms with van der Waals surface area (Å²) in [5.74, 6) is -0.634. The maximum atomic E-state index is 13.0. The predicted octanol–water partition coefficient (Wildman–Crippen LogP) is 2.30. The van der Waals surface area contributed by atoms with Crippen LogP contribution in [0.1, 0.15) is 25.3 Å². The van der Waals surface area contributed by atoms with Crippen LogP contribution in [0.2, 0.25) is 0 Å². The summed E-state index contributed by atoms with van der Waals surface area (Å²) < 4.78 is 40.9. The van der Waals surface area contributed by atoms with Gasteiger partial charge in [0.05, 0.1) is 11.3 Å². The summed E-state index contributed by atoms with van der Waals surface area (Å²) in [5.41, 5.74) is 1.27. The second-order valence-electron chi connectivity index (χ2n) is 7.29. The molecule has 0 saturated carbocycles. The second-order valence-corrected chi connectivity index (χ2v) is 9.00. The molecule has 3 rings (SSSR count). The van der Waals surface area contributed by atoms with Crippen molar-refractivity contribution >= 4 is 27.5 Å². The number of nitrogens with one attached hydrogen (secondary N) is 2. The number of nitrogens with zero attached hydrogens (tertiary/aromatic N) is 1. The van der Waals surface area contributed by atoms with E-state index in [1.54, 1.807) is 17.0 Å². The van der Waals surface area contributed by atoms with Crippen molar-refractivity contribution in [2.24, 2.45) is 0 Å². The number of carbonyl (C=O) groups excluding carboxylic acids is 2. The molecule has 0 radical (unpaired) electrons. The summed E-state index contributed by atoms with van der Waals surface area (Å²) in [7, 11) is -3.70. The molecule has 1 aliphatic rings. The van der Waals surface area contributed by atoms with Gasteiger partial charge in [-0.3, -0.25) is 9.59 Å². The predicted molar refractivity (Wildman–Crippen MR) is 111 cm³/mol. The zero-order valence-electron chi connectivity index (χ0n) is 16.6. The van der Waals surface area contributed by atoms with Gasteiger partial charge in [-0.2, -0.15) is 0 Å². The fraction of sp³-hybridized carbons (Fsp3) is 0.333. The number of carbonyl (C=O) groups is 2. The highest BCUT2D eigenvalue weighted by Gasteiger charge is 2.26. The van der Waals surface area contributed by atoms with Crippen LogP contribution < -0.4 is 10.0 Å². The molecule has 0 aliphatic carbocycles. The van der Waals surface area contributed by atoms with E-state index in [0.29, 0.717) is 31.6 Å². The van der Waals surface area contributed by atoms with Gasteiger partial charge in [0.15, 0.2) is 0 Å². The number of hydrogen-bond donors (Lipinski definition) is 2. The zero-order chi connectivity index (χ0) is 21.7. The van der Waals surface area contributed by atoms with Gasteiger partial charge in [-0.25, -0.2) is 17.5 Å². The molecule has 2 aromatic carbocycles. The van der Waals surface area contributed by atoms with Crippen molar-refractivity contribution in [2.45, 2.75) is 37.1 Å². The van der Waals surface area contributed by atoms with Crippen molar-refractivity contribution in [2.75, 3.05) is 18.4 Å². The van der Waals surface area contributed by atoms with Crippen molar-refractivity contribution in [3.05, 3.63) is 59.9 Å². The molecule has 2 aromatic rings. The lowest BCUT2D eigenvalue weighted by molar-refractivity contribution is -0.131. The second kappa shape index (κ2) is 9.36. The summed E-state index contributed by atoms with van der Waals surface area (Å²) >= 11 is 0. The van der Waals surface area contributed by atoms with E-state index in [2.05, 4.69) is 10.0 Å². The minimum atomic E-state index is -3.70. The van der Waals surface area contributed by atoms with Crippen LogP contribution in [0.3, 0.4) is 0 Å². The van der Waals surface area contributed by atoms with E-state index >= 15 is 0 Å². The van der Waals surface area contributed by atoms with Gasteiger partial charge >= 0.3 is 0 Å². The number of benzene rings is 2. The Hall–Kier alpha value is -2.78. The Labute approximate surface area is 175 Å². The minimum Gasteiger partial charge on any atom is -0.342 e. The van der Waals surface area contributed by atoms with Crippen LogP contribution in [0.5, 0.6) is 0 Å². The normalized spacial score (nSPS) is 15.1. The third kappa shape index (κ3) is 5.87. The molecular weight excluding hydrogens is 409 g/mol. The fourth-order valence-electron chi connectivity index (χ4n) is 3.34. The van der Waals surface area contributed by atoms with Gasteiger partial charge in [0.1, 0.15) is 5.82 Å². The Morgan fingerprint density at radius 2 is 1.63 bits per heavy atom. The van der Waals surface area contributed by atoms with E-state index in [0.717, 1.165) is 5.56 Å². The first kappa shape index (κ1) is 21.9. The Balaban J connectivity index is 1.52. The summed E-state index contributed by atoms with van der Waals surface area (Å²) in [6.07, 6.45) is 1.22. The lowest BCUT2D eigenvalue weighted by Crippen LogP contribution is -2.46. The number of anilines is 1. The largest absolute Gasteiger partial charge is 0.342 e. The van der Waals surface area contributed by atoms with Crippen LogP contribution in [0, 0.1) is 5.82 Å². The lowest BCUT2D eigenvalue weighted by Gasteiger charge is -2.32. The number of rotatable bonds is 6. The Bertz CT molecular complexity index is 1000. The fourth-order valence-corrected chi connectivity index (χ4v) is 4.65. The zero-order valence-corrected chi connectivity index (χ0v) is 17.4. The maximum absolute atomic E-state index is 13.0. The van der Waals surface area contributed by atoms with Gasteiger partial charge in [-0.1, -0.05) is 12.1 Å². The molecule has 2 amide bonds. The van der Waals surface area contributed by atoms with Gasteiger partial charge in [0.25, 0.3) is 0 Å². The van der Waals surface area contributed by atoms with E-state index in [4.69, 9.17) is 0 Å². The van der Waals surface area contributed by atoms with E-state index in [1.165, 1.54) is 43.3 Å². The van der Waals surface area contributed by atoms with Crippen LogP contribution in [-0.2, 0) is 26.0 Å². The highest BCUT2D eigenvalue weighted by atomic mass is 32.2. The molecule has 9 heteroatoms. The van der Waals surface area contributed by atoms with Crippen molar-refractivity contribution in [3.63, 3.8) is 0 Å². The molecule has 0 spiro atoms. The van der Waals surface area contributed by atoms with E-state index in [-0.39, 0.29) is 35.0 Å². The van der Waals surface area contributed by atoms with Crippen LogP contribution in [0.15, 0.2) is 53.4 Å². The number of sulfonamides is 1. The smallest absolute Gasteiger partial charge is 0.240 e. The van der Waals surface area contributed by atoms with E-state index in [1.807, 2.05) is 0 Å². The highest BCUT2D eigenvalue weighted by Crippen LogP contribution is 2.18. The number of piperidine rings is 1. The standard InChI is InChI=1S/C21H24FN3O4S/c1-15(26)23-18-6-8-20(9-7-18)30(28,29)24-19-10-12-25(13-11-19)21(27)14-16-2-4-17(22)5-3-16/h2-9,19,24H,10-14H2,1H3,(H,23,26). The van der Waals surface area contributed by atoms with E-state index in [9.17, 15) is 22.4 Å². The van der Waals surface area contributed by atoms with Crippen LogP contribution in [-0.4, -0.2) is 44.3 Å². The lowest BCUT2D eigenvalue weighted by atomic mass is 10.0. The van der Waals surface area contributed by atoms with Crippen molar-refractivity contribution in [1.29, 1.82) is 0 Å². The monoisotopic (exact) mass is 433 g/mol. The van der Waals surface area contributed by atoms with Gasteiger partial charge in [0.2, 0.25) is 21.8 Å². The number of hydrogen-bond acceptors (Lipinski definition) is 4. The molecule has 1 heterocycles. The summed E-state index contributed by atoms with van der Waals surface area (Å²) in [5, 5.41) is 2.59. The van der Waals surface area contributed by atoms with Crippen molar-refractivity contribution in [3.8, 4) is 0 Å². The third-order valence-corrected chi connectivity index (χ3v) is 6.46. The van der Waals surface area contributed by atoms with Crippen LogP contribution in [0.25, 0.3) is 0 Å². The van der Waals surface area contributed by atoms with E-state index < -0.39 is 10.0 Å². The molecule has 1 fully saturated rings. The summed E-state index contributed by atoms with van der Waals surface area (Å²) in [6, 6.07) is 11.5. The first-order chi connectivity index (χ1) is 14.2. The van der Waals surface area contributed by atoms with Crippen LogP contribution in [0.4, 0.5) is 10.1 Å². The average molecular weight is 434 g/mol. The van der Waals surface area contributed by atoms with Crippen LogP contribution >= 0.6 is 0 Å². The SMILES string of the molecule is CC(=O)Nc1ccc(S(=O)(=O)NC2CCN(C(=O)Cc3ccc(F)cc3)CC2)cc1. The Morgan fingerprint density at radius 3 is 2.20 bits per heavy atom. The molecule has 160 valence electrons. The highest BCUT2D eigenvalue weighted by molar-refractivity contribution is 7.89. The van der Waals surface area contributed by atoms with Crippen molar-refractivity contribution < 1.29 is 22.4 Å². The molecular formula is C21H24FN3O4S. The topological polar surface area (TPSA) is 95.6 Å². The van der Waals surface area contributed by atoms with Gasteiger partial charge < -0.3 is 10.2 Å². The summed E-state index contributed by atoms with van der Waals surface area (Å²) in [6.45, 7) is 2.28. The Kier molecular flexibility index (Phi) is 6.84. The number of likely N-dealkylation sites (tertiary alicyclic amines) is 1. The molecule has 1 aliphatic heterocycles. The molecule has 1 saturated heterocycles. The number of amides is 2. The molecule has 0 aromatic heterocycles. The van der Waals surface area contributed by atoms with Gasteiger partial charge in [-0.05, 0) is 54.8 Å². The first-order valence-electron chi connectivity index (χ1n) is 9.65. The molecule has 30 heavy (non-hydrogen) atoms.